The minimum Gasteiger partial charge on any atom is -0.497 e. The number of carbonyl (C=O) groups is 3. The van der Waals surface area contributed by atoms with Gasteiger partial charge in [0.1, 0.15) is 11.4 Å². The van der Waals surface area contributed by atoms with E-state index in [4.69, 9.17) is 27.9 Å². The third-order valence-corrected chi connectivity index (χ3v) is 8.87. The van der Waals surface area contributed by atoms with Crippen molar-refractivity contribution in [2.24, 2.45) is 0 Å². The molecule has 0 aliphatic heterocycles. The molecule has 8 nitrogen and oxygen atoms in total. The Bertz CT molecular complexity index is 1880. The van der Waals surface area contributed by atoms with Crippen LogP contribution in [0.4, 0.5) is 10.8 Å². The second-order valence-corrected chi connectivity index (χ2v) is 12.1. The van der Waals surface area contributed by atoms with Crippen molar-refractivity contribution in [2.45, 2.75) is 4.90 Å². The number of carbonyl (C=O) groups excluding carboxylic acids is 3. The zero-order valence-corrected chi connectivity index (χ0v) is 26.2. The Morgan fingerprint density at radius 3 is 2.52 bits per heavy atom. The number of hydrogen-bond donors (Lipinski definition) is 3. The maximum Gasteiger partial charge on any atom is 0.272 e. The summed E-state index contributed by atoms with van der Waals surface area (Å²) in [4.78, 5) is 44.2. The van der Waals surface area contributed by atoms with Crippen LogP contribution in [-0.2, 0) is 9.59 Å². The van der Waals surface area contributed by atoms with E-state index in [2.05, 4.69) is 20.9 Å². The van der Waals surface area contributed by atoms with Crippen LogP contribution in [0.3, 0.4) is 0 Å². The first kappa shape index (κ1) is 31.1. The lowest BCUT2D eigenvalue weighted by molar-refractivity contribution is -0.114. The van der Waals surface area contributed by atoms with Gasteiger partial charge in [-0.3, -0.25) is 14.4 Å². The maximum absolute atomic E-state index is 13.4. The molecule has 0 saturated heterocycles. The Morgan fingerprint density at radius 1 is 0.932 bits per heavy atom. The summed E-state index contributed by atoms with van der Waals surface area (Å²) in [5, 5.41) is 9.38. The molecule has 5 aromatic rings. The molecule has 1 aromatic heterocycles. The normalized spacial score (nSPS) is 11.2. The second kappa shape index (κ2) is 14.4. The molecule has 0 aliphatic rings. The third kappa shape index (κ3) is 7.97. The number of anilines is 2. The number of halogens is 2. The van der Waals surface area contributed by atoms with Crippen molar-refractivity contribution >= 4 is 91.1 Å². The number of rotatable bonds is 10. The first-order chi connectivity index (χ1) is 21.3. The number of methoxy groups -OCH3 is 1. The molecule has 4 aromatic carbocycles. The summed E-state index contributed by atoms with van der Waals surface area (Å²) in [6.45, 7) is 0. The van der Waals surface area contributed by atoms with Crippen molar-refractivity contribution in [1.29, 1.82) is 0 Å². The molecule has 1 heterocycles. The van der Waals surface area contributed by atoms with Crippen LogP contribution < -0.4 is 20.7 Å². The quantitative estimate of drug-likeness (QED) is 0.104. The first-order valence-electron chi connectivity index (χ1n) is 13.1. The number of amides is 3. The van der Waals surface area contributed by atoms with Crippen molar-refractivity contribution in [2.75, 3.05) is 23.5 Å². The monoisotopic (exact) mass is 662 g/mol. The smallest absolute Gasteiger partial charge is 0.272 e. The van der Waals surface area contributed by atoms with Gasteiger partial charge in [-0.05, 0) is 66.2 Å². The van der Waals surface area contributed by atoms with E-state index in [1.807, 2.05) is 24.3 Å². The van der Waals surface area contributed by atoms with Gasteiger partial charge in [-0.1, -0.05) is 70.9 Å². The molecule has 12 heteroatoms. The summed E-state index contributed by atoms with van der Waals surface area (Å²) in [5.41, 5.74) is 2.05. The van der Waals surface area contributed by atoms with Gasteiger partial charge in [-0.2, -0.15) is 0 Å². The molecule has 0 spiro atoms. The van der Waals surface area contributed by atoms with Crippen LogP contribution in [0, 0.1) is 0 Å². The maximum atomic E-state index is 13.4. The molecule has 0 bridgehead atoms. The van der Waals surface area contributed by atoms with E-state index in [0.717, 1.165) is 20.9 Å². The number of thioether (sulfide) groups is 1. The molecule has 5 rings (SSSR count). The Hall–Kier alpha value is -4.35. The summed E-state index contributed by atoms with van der Waals surface area (Å²) >= 11 is 15.2. The molecule has 0 unspecified atom stereocenters. The van der Waals surface area contributed by atoms with E-state index < -0.39 is 11.8 Å². The number of nitrogens with zero attached hydrogens (tertiary/aromatic N) is 1. The number of fused-ring (bicyclic) bond motifs is 1. The molecule has 0 fully saturated rings. The molecule has 0 radical (unpaired) electrons. The fourth-order valence-electron chi connectivity index (χ4n) is 3.98. The van der Waals surface area contributed by atoms with E-state index in [0.29, 0.717) is 27.0 Å². The fraction of sp³-hybridized carbons (Fsp3) is 0.0625. The number of aromatic nitrogens is 1. The number of hydrogen-bond acceptors (Lipinski definition) is 7. The van der Waals surface area contributed by atoms with E-state index in [9.17, 15) is 14.4 Å². The van der Waals surface area contributed by atoms with Gasteiger partial charge >= 0.3 is 0 Å². The molecule has 0 atom stereocenters. The van der Waals surface area contributed by atoms with Crippen LogP contribution in [0.2, 0.25) is 10.0 Å². The lowest BCUT2D eigenvalue weighted by Crippen LogP contribution is -2.30. The highest BCUT2D eigenvalue weighted by Crippen LogP contribution is 2.30. The van der Waals surface area contributed by atoms with Gasteiger partial charge in [-0.25, -0.2) is 4.98 Å². The van der Waals surface area contributed by atoms with Gasteiger partial charge in [0.2, 0.25) is 5.91 Å². The molecule has 3 N–H and O–H groups in total. The Labute approximate surface area is 271 Å². The largest absolute Gasteiger partial charge is 0.497 e. The predicted octanol–water partition coefficient (Wildman–Crippen LogP) is 7.75. The van der Waals surface area contributed by atoms with Gasteiger partial charge in [0.05, 0.1) is 33.1 Å². The minimum absolute atomic E-state index is 0.0334. The Morgan fingerprint density at radius 2 is 1.73 bits per heavy atom. The number of ether oxygens (including phenoxy) is 1. The lowest BCUT2D eigenvalue weighted by atomic mass is 10.1. The van der Waals surface area contributed by atoms with Gasteiger partial charge < -0.3 is 20.7 Å². The van der Waals surface area contributed by atoms with Crippen molar-refractivity contribution in [3.05, 3.63) is 118 Å². The topological polar surface area (TPSA) is 109 Å². The van der Waals surface area contributed by atoms with Crippen LogP contribution in [0.15, 0.2) is 102 Å². The van der Waals surface area contributed by atoms with E-state index in [1.54, 1.807) is 73.8 Å². The van der Waals surface area contributed by atoms with Gasteiger partial charge in [0.25, 0.3) is 11.8 Å². The molecular weight excluding hydrogens is 639 g/mol. The lowest BCUT2D eigenvalue weighted by Gasteiger charge is -2.13. The summed E-state index contributed by atoms with van der Waals surface area (Å²) in [6.07, 6.45) is 1.46. The molecule has 3 amide bonds. The summed E-state index contributed by atoms with van der Waals surface area (Å²) in [5.74, 6) is -0.411. The molecule has 0 aliphatic carbocycles. The average Bonchev–Trinajstić information content (AvgIpc) is 3.43. The van der Waals surface area contributed by atoms with E-state index in [-0.39, 0.29) is 22.4 Å². The van der Waals surface area contributed by atoms with Crippen LogP contribution in [0.5, 0.6) is 5.75 Å². The van der Waals surface area contributed by atoms with Crippen LogP contribution in [0.1, 0.15) is 15.9 Å². The highest BCUT2D eigenvalue weighted by molar-refractivity contribution is 8.00. The summed E-state index contributed by atoms with van der Waals surface area (Å²) in [6, 6.07) is 26.1. The van der Waals surface area contributed by atoms with Crippen LogP contribution in [-0.4, -0.2) is 35.6 Å². The number of nitrogens with one attached hydrogen (secondary N) is 3. The minimum atomic E-state index is -0.572. The van der Waals surface area contributed by atoms with Crippen molar-refractivity contribution in [1.82, 2.24) is 10.3 Å². The zero-order valence-electron chi connectivity index (χ0n) is 23.1. The van der Waals surface area contributed by atoms with Crippen molar-refractivity contribution < 1.29 is 19.1 Å². The molecule has 222 valence electrons. The standard InChI is InChI=1S/C32H24Cl2N4O4S2/c1-42-22-13-14-25-27(17-22)44-32(37-25)38-28(39)18-43-23-11-6-10-21(16-23)35-31(41)26(15-20-9-5-12-24(33)29(20)34)36-30(40)19-7-3-2-4-8-19/h2-17H,18H2,1H3,(H,35,41)(H,36,40)(H,37,38,39)/b26-15+. The highest BCUT2D eigenvalue weighted by Gasteiger charge is 2.17. The van der Waals surface area contributed by atoms with Gasteiger partial charge in [0, 0.05) is 16.1 Å². The summed E-state index contributed by atoms with van der Waals surface area (Å²) in [7, 11) is 1.60. The van der Waals surface area contributed by atoms with Crippen LogP contribution >= 0.6 is 46.3 Å². The van der Waals surface area contributed by atoms with Gasteiger partial charge in [0.15, 0.2) is 5.13 Å². The number of thiazole rings is 1. The molecule has 0 saturated carbocycles. The molecular formula is C32H24Cl2N4O4S2. The molecule has 44 heavy (non-hydrogen) atoms. The van der Waals surface area contributed by atoms with Crippen molar-refractivity contribution in [3.63, 3.8) is 0 Å². The Balaban J connectivity index is 1.26. The first-order valence-corrected chi connectivity index (χ1v) is 15.7. The predicted molar refractivity (Wildman–Crippen MR) is 179 cm³/mol. The van der Waals surface area contributed by atoms with E-state index in [1.165, 1.54) is 29.2 Å². The fourth-order valence-corrected chi connectivity index (χ4v) is 6.01. The van der Waals surface area contributed by atoms with E-state index >= 15 is 0 Å². The Kier molecular flexibility index (Phi) is 10.2. The highest BCUT2D eigenvalue weighted by atomic mass is 35.5. The summed E-state index contributed by atoms with van der Waals surface area (Å²) < 4.78 is 6.15. The SMILES string of the molecule is COc1ccc2nc(NC(=O)CSc3cccc(NC(=O)/C(=C\c4cccc(Cl)c4Cl)NC(=O)c4ccccc4)c3)sc2c1. The average molecular weight is 664 g/mol. The van der Waals surface area contributed by atoms with Crippen molar-refractivity contribution in [3.8, 4) is 5.75 Å². The number of benzene rings is 4. The second-order valence-electron chi connectivity index (χ2n) is 9.19. The van der Waals surface area contributed by atoms with Crippen LogP contribution in [0.25, 0.3) is 16.3 Å². The third-order valence-electron chi connectivity index (χ3n) is 6.11. The zero-order chi connectivity index (χ0) is 31.1. The van der Waals surface area contributed by atoms with Gasteiger partial charge in [-0.15, -0.1) is 11.8 Å².